The van der Waals surface area contributed by atoms with Gasteiger partial charge in [-0.3, -0.25) is 0 Å². The van der Waals surface area contributed by atoms with Crippen LogP contribution >= 0.6 is 22.6 Å². The Labute approximate surface area is 191 Å². The highest BCUT2D eigenvalue weighted by Gasteiger charge is 2.17. The summed E-state index contributed by atoms with van der Waals surface area (Å²) in [6, 6.07) is 0. The molecule has 0 rings (SSSR count). The van der Waals surface area contributed by atoms with E-state index in [1.165, 1.54) is 44.9 Å². The Morgan fingerprint density at radius 2 is 1.04 bits per heavy atom. The second-order valence-corrected chi connectivity index (χ2v) is 12.0. The Hall–Kier alpha value is 0.650. The van der Waals surface area contributed by atoms with Crippen LogP contribution in [0.1, 0.15) is 106 Å². The molecule has 0 aliphatic carbocycles. The van der Waals surface area contributed by atoms with E-state index in [9.17, 15) is 0 Å². The van der Waals surface area contributed by atoms with Gasteiger partial charge < -0.3 is 9.47 Å². The lowest BCUT2D eigenvalue weighted by Gasteiger charge is -2.24. The highest BCUT2D eigenvalue weighted by atomic mass is 127. The van der Waals surface area contributed by atoms with E-state index < -0.39 is 0 Å². The van der Waals surface area contributed by atoms with Gasteiger partial charge in [-0.05, 0) is 81.0 Å². The first kappa shape index (κ1) is 28.6. The van der Waals surface area contributed by atoms with Gasteiger partial charge in [0.2, 0.25) is 0 Å². The summed E-state index contributed by atoms with van der Waals surface area (Å²) >= 11 is 2.56. The van der Waals surface area contributed by atoms with Crippen molar-refractivity contribution in [3.63, 3.8) is 0 Å². The van der Waals surface area contributed by atoms with Crippen LogP contribution in [0.5, 0.6) is 0 Å². The third-order valence-corrected chi connectivity index (χ3v) is 6.25. The molecule has 0 bridgehead atoms. The molecule has 170 valence electrons. The molecule has 0 fully saturated rings. The molecular formula is C25H51IO2. The minimum atomic E-state index is 0.468. The Kier molecular flexibility index (Phi) is 18.8. The minimum Gasteiger partial charge on any atom is -0.355 e. The Bertz CT molecular complexity index is 335. The molecule has 0 aromatic carbocycles. The monoisotopic (exact) mass is 510 g/mol. The van der Waals surface area contributed by atoms with Gasteiger partial charge in [-0.1, -0.05) is 77.5 Å². The van der Waals surface area contributed by atoms with E-state index in [-0.39, 0.29) is 0 Å². The SMILES string of the molecule is CCCCOCOCCCC(C)CC(C)CC(C)CC(C)CC(C)CC(C)I. The van der Waals surface area contributed by atoms with Crippen LogP contribution in [0.2, 0.25) is 0 Å². The number of hydrogen-bond donors (Lipinski definition) is 0. The molecule has 6 unspecified atom stereocenters. The lowest BCUT2D eigenvalue weighted by Crippen LogP contribution is -2.13. The molecule has 28 heavy (non-hydrogen) atoms. The van der Waals surface area contributed by atoms with Crippen molar-refractivity contribution in [2.24, 2.45) is 29.6 Å². The number of halogens is 1. The number of rotatable bonds is 19. The molecular weight excluding hydrogens is 459 g/mol. The summed E-state index contributed by atoms with van der Waals surface area (Å²) < 4.78 is 11.8. The van der Waals surface area contributed by atoms with Crippen LogP contribution in [0.15, 0.2) is 0 Å². The number of unbranched alkanes of at least 4 members (excludes halogenated alkanes) is 1. The zero-order valence-electron chi connectivity index (χ0n) is 20.1. The predicted molar refractivity (Wildman–Crippen MR) is 133 cm³/mol. The maximum Gasteiger partial charge on any atom is 0.146 e. The summed E-state index contributed by atoms with van der Waals surface area (Å²) in [5, 5.41) is 0. The van der Waals surface area contributed by atoms with E-state index in [4.69, 9.17) is 9.47 Å². The van der Waals surface area contributed by atoms with Crippen molar-refractivity contribution in [1.82, 2.24) is 0 Å². The van der Waals surface area contributed by atoms with Crippen LogP contribution in [0.3, 0.4) is 0 Å². The molecule has 0 radical (unpaired) electrons. The van der Waals surface area contributed by atoms with E-state index in [2.05, 4.69) is 71.1 Å². The summed E-state index contributed by atoms with van der Waals surface area (Å²) in [6.07, 6.45) is 11.6. The second-order valence-electron chi connectivity index (χ2n) is 9.92. The summed E-state index contributed by atoms with van der Waals surface area (Å²) in [7, 11) is 0. The molecule has 0 saturated carbocycles. The van der Waals surface area contributed by atoms with Crippen molar-refractivity contribution in [2.45, 2.75) is 110 Å². The van der Waals surface area contributed by atoms with Gasteiger partial charge in [-0.25, -0.2) is 0 Å². The van der Waals surface area contributed by atoms with Gasteiger partial charge >= 0.3 is 0 Å². The van der Waals surface area contributed by atoms with Crippen LogP contribution in [0.4, 0.5) is 0 Å². The summed E-state index contributed by atoms with van der Waals surface area (Å²) in [5.74, 6) is 4.22. The molecule has 0 spiro atoms. The third kappa shape index (κ3) is 18.7. The van der Waals surface area contributed by atoms with Gasteiger partial charge in [0.05, 0.1) is 0 Å². The van der Waals surface area contributed by atoms with Crippen molar-refractivity contribution in [3.05, 3.63) is 0 Å². The predicted octanol–water partition coefficient (Wildman–Crippen LogP) is 8.51. The second kappa shape index (κ2) is 18.4. The fraction of sp³-hybridized carbons (Fsp3) is 1.00. The zero-order valence-corrected chi connectivity index (χ0v) is 22.3. The summed E-state index contributed by atoms with van der Waals surface area (Å²) in [6.45, 7) is 18.9. The lowest BCUT2D eigenvalue weighted by molar-refractivity contribution is -0.0558. The molecule has 0 amide bonds. The Balaban J connectivity index is 3.77. The van der Waals surface area contributed by atoms with Crippen molar-refractivity contribution in [1.29, 1.82) is 0 Å². The molecule has 6 atom stereocenters. The normalized spacial score (nSPS) is 18.4. The largest absolute Gasteiger partial charge is 0.355 e. The summed E-state index contributed by atoms with van der Waals surface area (Å²) in [4.78, 5) is 0. The van der Waals surface area contributed by atoms with Gasteiger partial charge in [0, 0.05) is 17.1 Å². The number of ether oxygens (including phenoxy) is 2. The van der Waals surface area contributed by atoms with Crippen molar-refractivity contribution < 1.29 is 9.47 Å². The molecule has 3 heteroatoms. The highest BCUT2D eigenvalue weighted by molar-refractivity contribution is 14.1. The maximum absolute atomic E-state index is 5.58. The minimum absolute atomic E-state index is 0.468. The van der Waals surface area contributed by atoms with Gasteiger partial charge in [0.15, 0.2) is 0 Å². The first-order valence-electron chi connectivity index (χ1n) is 12.0. The Morgan fingerprint density at radius 3 is 1.50 bits per heavy atom. The quantitative estimate of drug-likeness (QED) is 0.0751. The average Bonchev–Trinajstić information content (AvgIpc) is 2.55. The van der Waals surface area contributed by atoms with Crippen LogP contribution < -0.4 is 0 Å². The van der Waals surface area contributed by atoms with Gasteiger partial charge in [-0.15, -0.1) is 0 Å². The Morgan fingerprint density at radius 1 is 0.607 bits per heavy atom. The van der Waals surface area contributed by atoms with E-state index in [1.807, 2.05) is 0 Å². The first-order chi connectivity index (χ1) is 13.2. The van der Waals surface area contributed by atoms with Crippen molar-refractivity contribution in [3.8, 4) is 0 Å². The number of hydrogen-bond acceptors (Lipinski definition) is 2. The van der Waals surface area contributed by atoms with Gasteiger partial charge in [-0.2, -0.15) is 0 Å². The maximum atomic E-state index is 5.58. The lowest BCUT2D eigenvalue weighted by atomic mass is 9.82. The molecule has 0 aliphatic rings. The van der Waals surface area contributed by atoms with E-state index >= 15 is 0 Å². The third-order valence-electron chi connectivity index (χ3n) is 5.74. The van der Waals surface area contributed by atoms with Crippen molar-refractivity contribution >= 4 is 22.6 Å². The topological polar surface area (TPSA) is 18.5 Å². The standard InChI is InChI=1S/C25H51IO2/c1-8-9-12-27-19-28-13-10-11-20(2)14-21(3)15-22(4)16-23(5)17-24(6)18-25(7)26/h20-25H,8-19H2,1-7H3. The highest BCUT2D eigenvalue weighted by Crippen LogP contribution is 2.29. The molecule has 0 aromatic rings. The van der Waals surface area contributed by atoms with Crippen LogP contribution in [0.25, 0.3) is 0 Å². The summed E-state index contributed by atoms with van der Waals surface area (Å²) in [5.41, 5.74) is 0. The smallest absolute Gasteiger partial charge is 0.146 e. The number of alkyl halides is 1. The van der Waals surface area contributed by atoms with Crippen LogP contribution in [0, 0.1) is 29.6 Å². The van der Waals surface area contributed by atoms with Crippen molar-refractivity contribution in [2.75, 3.05) is 20.0 Å². The zero-order chi connectivity index (χ0) is 21.4. The van der Waals surface area contributed by atoms with Crippen LogP contribution in [-0.4, -0.2) is 23.9 Å². The average molecular weight is 511 g/mol. The van der Waals surface area contributed by atoms with Crippen LogP contribution in [-0.2, 0) is 9.47 Å². The first-order valence-corrected chi connectivity index (χ1v) is 13.3. The molecule has 0 aliphatic heterocycles. The van der Waals surface area contributed by atoms with E-state index in [1.54, 1.807) is 0 Å². The molecule has 0 N–H and O–H groups in total. The fourth-order valence-corrected chi connectivity index (χ4v) is 5.63. The van der Waals surface area contributed by atoms with Gasteiger partial charge in [0.1, 0.15) is 6.79 Å². The van der Waals surface area contributed by atoms with E-state index in [0.29, 0.717) is 6.79 Å². The molecule has 2 nitrogen and oxygen atoms in total. The van der Waals surface area contributed by atoms with E-state index in [0.717, 1.165) is 59.6 Å². The fourth-order valence-electron chi connectivity index (χ4n) is 4.76. The molecule has 0 aromatic heterocycles. The molecule has 0 heterocycles. The molecule has 0 saturated heterocycles. The van der Waals surface area contributed by atoms with Gasteiger partial charge in [0.25, 0.3) is 0 Å².